The second kappa shape index (κ2) is 90.8. The molecule has 0 bridgehead atoms. The lowest BCUT2D eigenvalue weighted by Crippen LogP contribution is -3.00. The predicted octanol–water partition coefficient (Wildman–Crippen LogP) is -10.8. The standard InChI is InChI=1S/C4H11N.4ClH.3H3N/c1-2-3-4-5;;;;;;;/h2-5H2,1H3;4*1H;3*1H3. The van der Waals surface area contributed by atoms with E-state index >= 15 is 0 Å². The van der Waals surface area contributed by atoms with Gasteiger partial charge in [-0.05, 0) is 6.42 Å². The molecule has 0 spiro atoms. The molecule has 4 nitrogen and oxygen atoms in total. The van der Waals surface area contributed by atoms with Crippen LogP contribution in [0.1, 0.15) is 19.8 Å². The average molecular weight is 270 g/mol. The van der Waals surface area contributed by atoms with Crippen molar-refractivity contribution in [1.82, 2.24) is 18.5 Å². The molecular formula is C4H24Cl4N4. The molecule has 0 atom stereocenters. The molecule has 15 N–H and O–H groups in total. The summed E-state index contributed by atoms with van der Waals surface area (Å²) in [5.74, 6) is 0. The predicted molar refractivity (Wildman–Crippen MR) is 40.6 cm³/mol. The Labute approximate surface area is 100 Å². The maximum atomic E-state index is 3.68. The van der Waals surface area contributed by atoms with Crippen LogP contribution in [0.2, 0.25) is 0 Å². The fourth-order valence-corrected chi connectivity index (χ4v) is 0.250. The van der Waals surface area contributed by atoms with E-state index in [1.165, 1.54) is 12.8 Å². The Hall–Kier alpha value is 1.000. The molecule has 8 heteroatoms. The van der Waals surface area contributed by atoms with Gasteiger partial charge in [0.1, 0.15) is 0 Å². The molecular weight excluding hydrogens is 246 g/mol. The molecule has 0 aliphatic carbocycles. The summed E-state index contributed by atoms with van der Waals surface area (Å²) < 4.78 is 0. The summed E-state index contributed by atoms with van der Waals surface area (Å²) in [6.45, 7) is 3.27. The number of quaternary nitrogens is 4. The second-order valence-electron chi connectivity index (χ2n) is 1.21. The summed E-state index contributed by atoms with van der Waals surface area (Å²) in [4.78, 5) is 0. The first-order valence-electron chi connectivity index (χ1n) is 2.21. The van der Waals surface area contributed by atoms with E-state index in [4.69, 9.17) is 0 Å². The molecule has 0 unspecified atom stereocenters. The van der Waals surface area contributed by atoms with Crippen molar-refractivity contribution in [1.29, 1.82) is 0 Å². The van der Waals surface area contributed by atoms with Crippen molar-refractivity contribution in [2.24, 2.45) is 0 Å². The maximum absolute atomic E-state index is 3.68. The number of halogens is 4. The molecule has 12 heavy (non-hydrogen) atoms. The molecule has 0 fully saturated rings. The third-order valence-corrected chi connectivity index (χ3v) is 0.604. The third-order valence-electron chi connectivity index (χ3n) is 0.604. The molecule has 0 aromatic carbocycles. The van der Waals surface area contributed by atoms with E-state index in [0.29, 0.717) is 0 Å². The number of rotatable bonds is 2. The molecule has 0 aliphatic heterocycles. The summed E-state index contributed by atoms with van der Waals surface area (Å²) in [5.41, 5.74) is 3.68. The minimum atomic E-state index is 0. The van der Waals surface area contributed by atoms with Crippen molar-refractivity contribution in [3.63, 3.8) is 0 Å². The number of hydrogen-bond acceptors (Lipinski definition) is 0. The molecule has 0 aromatic rings. The Morgan fingerprint density at radius 3 is 1.08 bits per heavy atom. The highest BCUT2D eigenvalue weighted by atomic mass is 35.5. The van der Waals surface area contributed by atoms with E-state index in [1.807, 2.05) is 0 Å². The highest BCUT2D eigenvalue weighted by Gasteiger charge is 1.71. The van der Waals surface area contributed by atoms with Gasteiger partial charge in [0, 0.05) is 0 Å². The van der Waals surface area contributed by atoms with E-state index in [2.05, 4.69) is 12.7 Å². The van der Waals surface area contributed by atoms with Crippen LogP contribution >= 0.6 is 0 Å². The van der Waals surface area contributed by atoms with Gasteiger partial charge < -0.3 is 73.8 Å². The van der Waals surface area contributed by atoms with Gasteiger partial charge in [0.15, 0.2) is 0 Å². The zero-order valence-corrected chi connectivity index (χ0v) is 11.4. The monoisotopic (exact) mass is 268 g/mol. The molecule has 0 rings (SSSR count). The lowest BCUT2D eigenvalue weighted by molar-refractivity contribution is -0.368. The Kier molecular flexibility index (Phi) is 566. The van der Waals surface area contributed by atoms with E-state index in [9.17, 15) is 0 Å². The molecule has 0 radical (unpaired) electrons. The van der Waals surface area contributed by atoms with Crippen molar-refractivity contribution in [2.75, 3.05) is 6.54 Å². The highest BCUT2D eigenvalue weighted by molar-refractivity contribution is 4.21. The Balaban J connectivity index is -0.00000000381. The van der Waals surface area contributed by atoms with Crippen LogP contribution in [-0.4, -0.2) is 6.54 Å². The SMILES string of the molecule is CCCC[NH3+].[Cl-].[Cl-].[Cl-].[Cl-].[NH4+].[NH4+].[NH4+]. The van der Waals surface area contributed by atoms with Gasteiger partial charge in [-0.2, -0.15) is 0 Å². The van der Waals surface area contributed by atoms with Gasteiger partial charge in [-0.1, -0.05) is 13.3 Å². The van der Waals surface area contributed by atoms with E-state index in [1.54, 1.807) is 0 Å². The van der Waals surface area contributed by atoms with Gasteiger partial charge in [0.25, 0.3) is 0 Å². The second-order valence-corrected chi connectivity index (χ2v) is 1.21. The minimum Gasteiger partial charge on any atom is -1.00 e. The van der Waals surface area contributed by atoms with E-state index < -0.39 is 0 Å². The van der Waals surface area contributed by atoms with Crippen LogP contribution in [0, 0.1) is 0 Å². The average Bonchev–Trinajstić information content (AvgIpc) is 1.41. The van der Waals surface area contributed by atoms with Crippen LogP contribution in [0.3, 0.4) is 0 Å². The van der Waals surface area contributed by atoms with Crippen LogP contribution in [0.15, 0.2) is 0 Å². The molecule has 0 saturated carbocycles. The zero-order valence-electron chi connectivity index (χ0n) is 8.34. The van der Waals surface area contributed by atoms with E-state index in [0.717, 1.165) is 6.54 Å². The molecule has 0 heterocycles. The van der Waals surface area contributed by atoms with Crippen molar-refractivity contribution >= 4 is 0 Å². The van der Waals surface area contributed by atoms with Gasteiger partial charge in [0.2, 0.25) is 0 Å². The lowest BCUT2D eigenvalue weighted by atomic mass is 10.3. The highest BCUT2D eigenvalue weighted by Crippen LogP contribution is 1.75. The lowest BCUT2D eigenvalue weighted by Gasteiger charge is -1.77. The Morgan fingerprint density at radius 2 is 1.08 bits per heavy atom. The van der Waals surface area contributed by atoms with Crippen molar-refractivity contribution in [3.05, 3.63) is 0 Å². The van der Waals surface area contributed by atoms with Gasteiger partial charge >= 0.3 is 0 Å². The Bertz CT molecular complexity index is 26.5. The van der Waals surface area contributed by atoms with Crippen molar-refractivity contribution < 1.29 is 55.4 Å². The number of unbranched alkanes of at least 4 members (excludes halogenated alkanes) is 1. The summed E-state index contributed by atoms with van der Waals surface area (Å²) in [5, 5.41) is 0. The van der Waals surface area contributed by atoms with Crippen molar-refractivity contribution in [2.45, 2.75) is 19.8 Å². The van der Waals surface area contributed by atoms with Crippen LogP contribution < -0.4 is 73.8 Å². The molecule has 0 amide bonds. The maximum Gasteiger partial charge on any atom is 0.0739 e. The summed E-state index contributed by atoms with van der Waals surface area (Å²) in [7, 11) is 0. The summed E-state index contributed by atoms with van der Waals surface area (Å²) >= 11 is 0. The fraction of sp³-hybridized carbons (Fsp3) is 1.00. The first-order chi connectivity index (χ1) is 2.41. The molecule has 0 aliphatic rings. The first-order valence-corrected chi connectivity index (χ1v) is 2.21. The van der Waals surface area contributed by atoms with Crippen LogP contribution in [0.4, 0.5) is 0 Å². The molecule has 88 valence electrons. The third kappa shape index (κ3) is 122. The van der Waals surface area contributed by atoms with Gasteiger partial charge in [0.05, 0.1) is 6.54 Å². The van der Waals surface area contributed by atoms with Crippen molar-refractivity contribution in [3.8, 4) is 0 Å². The Morgan fingerprint density at radius 1 is 0.833 bits per heavy atom. The molecule has 0 aromatic heterocycles. The van der Waals surface area contributed by atoms with Gasteiger partial charge in [-0.25, -0.2) is 0 Å². The van der Waals surface area contributed by atoms with Gasteiger partial charge in [-0.15, -0.1) is 0 Å². The summed E-state index contributed by atoms with van der Waals surface area (Å²) in [6, 6.07) is 0. The van der Waals surface area contributed by atoms with Crippen LogP contribution in [-0.2, 0) is 0 Å². The number of hydrogen-bond donors (Lipinski definition) is 4. The van der Waals surface area contributed by atoms with E-state index in [-0.39, 0.29) is 68.1 Å². The first kappa shape index (κ1) is 74.9. The largest absolute Gasteiger partial charge is 1.00 e. The van der Waals surface area contributed by atoms with Crippen LogP contribution in [0.25, 0.3) is 0 Å². The topological polar surface area (TPSA) is 137 Å². The minimum absolute atomic E-state index is 0. The molecule has 0 saturated heterocycles. The smallest absolute Gasteiger partial charge is 0.0739 e. The normalized spacial score (nSPS) is 3.50. The van der Waals surface area contributed by atoms with Crippen LogP contribution in [0.5, 0.6) is 0 Å². The quantitative estimate of drug-likeness (QED) is 0.379. The van der Waals surface area contributed by atoms with Gasteiger partial charge in [-0.3, -0.25) is 0 Å². The zero-order chi connectivity index (χ0) is 4.12. The summed E-state index contributed by atoms with van der Waals surface area (Å²) in [6.07, 6.45) is 2.56. The fourth-order valence-electron chi connectivity index (χ4n) is 0.250.